The number of ketones is 1. The molecule has 0 aliphatic carbocycles. The number of ether oxygens (including phenoxy) is 1. The Balaban J connectivity index is 0.00000213. The molecular weight excluding hydrogens is 486 g/mol. The lowest BCUT2D eigenvalue weighted by Crippen LogP contribution is -2.33. The summed E-state index contributed by atoms with van der Waals surface area (Å²) < 4.78 is 7.55. The van der Waals surface area contributed by atoms with E-state index in [0.717, 1.165) is 5.56 Å². The standard InChI is InChI=1S/C23H23N3O6.3C2H6/c1-2-15-21(22(30)23(24)31)20-16(26(15)12-14-7-4-3-5-8-14)9-6-10-17(20)32-13-18(27)25-11-19(28)29;3*1-2/h3-10H,2,11-13H2,1H3,(H2,24,31)(H,25,27)(H,28,29);3*1-2H3. The molecule has 0 atom stereocenters. The van der Waals surface area contributed by atoms with Crippen LogP contribution in [0.4, 0.5) is 0 Å². The molecule has 0 aliphatic heterocycles. The highest BCUT2D eigenvalue weighted by molar-refractivity contribution is 6.45. The van der Waals surface area contributed by atoms with Crippen molar-refractivity contribution in [3.05, 3.63) is 65.4 Å². The molecule has 1 aromatic heterocycles. The monoisotopic (exact) mass is 527 g/mol. The van der Waals surface area contributed by atoms with Gasteiger partial charge in [-0.15, -0.1) is 0 Å². The fourth-order valence-corrected chi connectivity index (χ4v) is 3.59. The van der Waals surface area contributed by atoms with Gasteiger partial charge in [0, 0.05) is 12.2 Å². The largest absolute Gasteiger partial charge is 0.483 e. The van der Waals surface area contributed by atoms with Crippen molar-refractivity contribution >= 4 is 34.5 Å². The molecular formula is C29H41N3O6. The maximum Gasteiger partial charge on any atom is 0.322 e. The first-order valence-corrected chi connectivity index (χ1v) is 13.0. The van der Waals surface area contributed by atoms with E-state index in [9.17, 15) is 19.2 Å². The highest BCUT2D eigenvalue weighted by atomic mass is 16.5. The first-order valence-electron chi connectivity index (χ1n) is 13.0. The summed E-state index contributed by atoms with van der Waals surface area (Å²) in [5, 5.41) is 11.3. The number of carbonyl (C=O) groups is 4. The van der Waals surface area contributed by atoms with Crippen LogP contribution in [-0.4, -0.2) is 46.4 Å². The van der Waals surface area contributed by atoms with Crippen molar-refractivity contribution in [3.8, 4) is 5.75 Å². The van der Waals surface area contributed by atoms with Gasteiger partial charge in [0.2, 0.25) is 0 Å². The fourth-order valence-electron chi connectivity index (χ4n) is 3.59. The maximum absolute atomic E-state index is 12.8. The Labute approximate surface area is 225 Å². The molecule has 0 fully saturated rings. The van der Waals surface area contributed by atoms with Gasteiger partial charge in [0.25, 0.3) is 17.6 Å². The van der Waals surface area contributed by atoms with Crippen LogP contribution in [0.2, 0.25) is 0 Å². The van der Waals surface area contributed by atoms with E-state index in [1.807, 2.05) is 83.4 Å². The highest BCUT2D eigenvalue weighted by Crippen LogP contribution is 2.35. The number of Topliss-reactive ketones (excluding diaryl/α,β-unsaturated/α-hetero) is 1. The predicted octanol–water partition coefficient (Wildman–Crippen LogP) is 4.58. The Kier molecular flexibility index (Phi) is 16.2. The molecule has 2 aromatic carbocycles. The number of aliphatic carboxylic acids is 1. The van der Waals surface area contributed by atoms with Crippen LogP contribution in [0.3, 0.4) is 0 Å². The van der Waals surface area contributed by atoms with Crippen LogP contribution >= 0.6 is 0 Å². The number of primary amides is 1. The van der Waals surface area contributed by atoms with Gasteiger partial charge in [0.15, 0.2) is 6.61 Å². The number of carbonyl (C=O) groups excluding carboxylic acids is 3. The van der Waals surface area contributed by atoms with Crippen molar-refractivity contribution in [1.82, 2.24) is 9.88 Å². The van der Waals surface area contributed by atoms with Gasteiger partial charge in [-0.05, 0) is 24.1 Å². The van der Waals surface area contributed by atoms with E-state index in [1.165, 1.54) is 0 Å². The molecule has 0 saturated carbocycles. The number of hydrogen-bond acceptors (Lipinski definition) is 5. The minimum atomic E-state index is -1.18. The van der Waals surface area contributed by atoms with Gasteiger partial charge in [-0.2, -0.15) is 0 Å². The van der Waals surface area contributed by atoms with Crippen LogP contribution < -0.4 is 15.8 Å². The van der Waals surface area contributed by atoms with Gasteiger partial charge in [0.05, 0.1) is 16.5 Å². The number of nitrogens with zero attached hydrogens (tertiary/aromatic N) is 1. The number of aromatic nitrogens is 1. The molecule has 3 rings (SSSR count). The second-order valence-electron chi connectivity index (χ2n) is 7.05. The molecule has 4 N–H and O–H groups in total. The van der Waals surface area contributed by atoms with E-state index < -0.39 is 36.7 Å². The van der Waals surface area contributed by atoms with E-state index in [-0.39, 0.29) is 11.3 Å². The first-order chi connectivity index (χ1) is 18.3. The Morgan fingerprint density at radius 3 is 2.05 bits per heavy atom. The minimum Gasteiger partial charge on any atom is -0.483 e. The molecule has 0 spiro atoms. The lowest BCUT2D eigenvalue weighted by molar-refractivity contribution is -0.138. The third-order valence-corrected chi connectivity index (χ3v) is 4.92. The molecule has 1 heterocycles. The third-order valence-electron chi connectivity index (χ3n) is 4.92. The Morgan fingerprint density at radius 1 is 0.921 bits per heavy atom. The summed E-state index contributed by atoms with van der Waals surface area (Å²) in [5.74, 6) is -3.52. The van der Waals surface area contributed by atoms with Gasteiger partial charge in [-0.25, -0.2) is 0 Å². The number of rotatable bonds is 10. The number of nitrogens with one attached hydrogen (secondary N) is 1. The van der Waals surface area contributed by atoms with Gasteiger partial charge < -0.3 is 25.5 Å². The van der Waals surface area contributed by atoms with Crippen molar-refractivity contribution in [2.75, 3.05) is 13.2 Å². The summed E-state index contributed by atoms with van der Waals surface area (Å²) in [6.45, 7) is 13.3. The number of hydrogen-bond donors (Lipinski definition) is 3. The van der Waals surface area contributed by atoms with Crippen molar-refractivity contribution in [2.24, 2.45) is 5.73 Å². The van der Waals surface area contributed by atoms with Gasteiger partial charge in [-0.3, -0.25) is 19.2 Å². The number of nitrogens with two attached hydrogens (primary N) is 1. The third kappa shape index (κ3) is 9.06. The second kappa shape index (κ2) is 18.2. The number of carboxylic acid groups (broad SMARTS) is 1. The zero-order valence-electron chi connectivity index (χ0n) is 23.5. The quantitative estimate of drug-likeness (QED) is 0.260. The normalized spacial score (nSPS) is 9.45. The van der Waals surface area contributed by atoms with Crippen LogP contribution in [0.5, 0.6) is 5.75 Å². The summed E-state index contributed by atoms with van der Waals surface area (Å²) in [4.78, 5) is 47.1. The van der Waals surface area contributed by atoms with Crippen LogP contribution in [0.1, 0.15) is 70.1 Å². The predicted molar refractivity (Wildman–Crippen MR) is 151 cm³/mol. The molecule has 0 bridgehead atoms. The number of benzene rings is 2. The zero-order chi connectivity index (χ0) is 29.3. The molecule has 9 heteroatoms. The summed E-state index contributed by atoms with van der Waals surface area (Å²) >= 11 is 0. The lowest BCUT2D eigenvalue weighted by Gasteiger charge is -2.11. The zero-order valence-corrected chi connectivity index (χ0v) is 23.5. The van der Waals surface area contributed by atoms with Gasteiger partial charge in [-0.1, -0.05) is 84.9 Å². The highest BCUT2D eigenvalue weighted by Gasteiger charge is 2.27. The van der Waals surface area contributed by atoms with Gasteiger partial charge in [0.1, 0.15) is 12.3 Å². The molecule has 0 unspecified atom stereocenters. The molecule has 2 amide bonds. The molecule has 38 heavy (non-hydrogen) atoms. The topological polar surface area (TPSA) is 141 Å². The van der Waals surface area contributed by atoms with Crippen molar-refractivity contribution < 1.29 is 29.0 Å². The minimum absolute atomic E-state index is 0.146. The average Bonchev–Trinajstić information content (AvgIpc) is 3.27. The number of carboxylic acids is 1. The van der Waals surface area contributed by atoms with E-state index in [1.54, 1.807) is 18.2 Å². The van der Waals surface area contributed by atoms with Crippen LogP contribution in [0.15, 0.2) is 48.5 Å². The summed E-state index contributed by atoms with van der Waals surface area (Å²) in [7, 11) is 0. The smallest absolute Gasteiger partial charge is 0.322 e. The Morgan fingerprint density at radius 2 is 1.53 bits per heavy atom. The first kappa shape index (κ1) is 33.9. The molecule has 0 radical (unpaired) electrons. The Bertz CT molecular complexity index is 1190. The summed E-state index contributed by atoms with van der Waals surface area (Å²) in [6, 6.07) is 14.7. The van der Waals surface area contributed by atoms with E-state index >= 15 is 0 Å². The lowest BCUT2D eigenvalue weighted by atomic mass is 10.0. The molecule has 0 aliphatic rings. The fraction of sp³-hybridized carbons (Fsp3) is 0.379. The molecule has 0 saturated heterocycles. The maximum atomic E-state index is 12.8. The number of fused-ring (bicyclic) bond motifs is 1. The summed E-state index contributed by atoms with van der Waals surface area (Å²) in [5.41, 5.74) is 7.74. The van der Waals surface area contributed by atoms with E-state index in [4.69, 9.17) is 15.6 Å². The van der Waals surface area contributed by atoms with Crippen LogP contribution in [0.25, 0.3) is 10.9 Å². The summed E-state index contributed by atoms with van der Waals surface area (Å²) in [6.07, 6.45) is 0.453. The van der Waals surface area contributed by atoms with Crippen LogP contribution in [0, 0.1) is 0 Å². The molecule has 9 nitrogen and oxygen atoms in total. The molecule has 3 aromatic rings. The van der Waals surface area contributed by atoms with Crippen molar-refractivity contribution in [3.63, 3.8) is 0 Å². The average molecular weight is 528 g/mol. The van der Waals surface area contributed by atoms with Gasteiger partial charge >= 0.3 is 5.97 Å². The number of amides is 2. The SMILES string of the molecule is CC.CC.CC.CCc1c(C(=O)C(N)=O)c2c(OCC(=O)NCC(=O)O)cccc2n1Cc1ccccc1. The van der Waals surface area contributed by atoms with Crippen molar-refractivity contribution in [1.29, 1.82) is 0 Å². The van der Waals surface area contributed by atoms with Crippen molar-refractivity contribution in [2.45, 2.75) is 61.4 Å². The Hall–Kier alpha value is -4.14. The van der Waals surface area contributed by atoms with Crippen LogP contribution in [-0.2, 0) is 27.3 Å². The van der Waals surface area contributed by atoms with E-state index in [2.05, 4.69) is 5.32 Å². The second-order valence-corrected chi connectivity index (χ2v) is 7.05. The van der Waals surface area contributed by atoms with E-state index in [0.29, 0.717) is 29.6 Å². The molecule has 208 valence electrons.